The third kappa shape index (κ3) is 10.5. The Balaban J connectivity index is 2.10. The lowest BCUT2D eigenvalue weighted by Crippen LogP contribution is -2.59. The monoisotopic (exact) mass is 434 g/mol. The standard InChI is InChI=1S/C22H42O8/c1-3-4-5-6-7-8-9-10-11-12-13-18(24)29-16(2)15-28-22-21(27)20(26)19(25)17(14-23)30-22/h16-17,19-23,25-27H,3-15H2,1-2H3/t16-,17-,19+,20+,21-,22-/m1/s1. The van der Waals surface area contributed by atoms with Gasteiger partial charge in [-0.05, 0) is 13.3 Å². The first-order valence-electron chi connectivity index (χ1n) is 11.5. The van der Waals surface area contributed by atoms with Gasteiger partial charge in [-0.1, -0.05) is 64.7 Å². The predicted octanol–water partition coefficient (Wildman–Crippen LogP) is 2.05. The largest absolute Gasteiger partial charge is 0.460 e. The molecule has 0 unspecified atom stereocenters. The average Bonchev–Trinajstić information content (AvgIpc) is 2.73. The lowest BCUT2D eigenvalue weighted by molar-refractivity contribution is -0.304. The molecule has 8 heteroatoms. The second-order valence-electron chi connectivity index (χ2n) is 8.26. The third-order valence-corrected chi connectivity index (χ3v) is 5.41. The summed E-state index contributed by atoms with van der Waals surface area (Å²) < 4.78 is 15.9. The van der Waals surface area contributed by atoms with Gasteiger partial charge in [0.15, 0.2) is 6.29 Å². The molecule has 30 heavy (non-hydrogen) atoms. The molecule has 1 aliphatic rings. The van der Waals surface area contributed by atoms with Crippen LogP contribution in [0, 0.1) is 0 Å². The fourth-order valence-electron chi connectivity index (χ4n) is 3.51. The summed E-state index contributed by atoms with van der Waals surface area (Å²) in [5, 5.41) is 38.6. The van der Waals surface area contributed by atoms with E-state index in [2.05, 4.69) is 6.92 Å². The third-order valence-electron chi connectivity index (χ3n) is 5.41. The van der Waals surface area contributed by atoms with E-state index < -0.39 is 43.4 Å². The maximum Gasteiger partial charge on any atom is 0.306 e. The van der Waals surface area contributed by atoms with Crippen molar-refractivity contribution in [3.05, 3.63) is 0 Å². The van der Waals surface area contributed by atoms with E-state index in [0.717, 1.165) is 19.3 Å². The van der Waals surface area contributed by atoms with Crippen molar-refractivity contribution in [3.63, 3.8) is 0 Å². The normalized spacial score (nSPS) is 27.7. The van der Waals surface area contributed by atoms with Gasteiger partial charge in [-0.25, -0.2) is 0 Å². The van der Waals surface area contributed by atoms with E-state index in [1.165, 1.54) is 44.9 Å². The van der Waals surface area contributed by atoms with Crippen LogP contribution in [0.5, 0.6) is 0 Å². The van der Waals surface area contributed by atoms with Gasteiger partial charge in [0.05, 0.1) is 13.2 Å². The van der Waals surface area contributed by atoms with Crippen LogP contribution >= 0.6 is 0 Å². The van der Waals surface area contributed by atoms with E-state index in [4.69, 9.17) is 14.2 Å². The summed E-state index contributed by atoms with van der Waals surface area (Å²) in [6.45, 7) is 3.33. The molecule has 0 aromatic heterocycles. The van der Waals surface area contributed by atoms with E-state index in [1.54, 1.807) is 6.92 Å². The molecule has 178 valence electrons. The summed E-state index contributed by atoms with van der Waals surface area (Å²) in [6.07, 6.45) is 5.17. The number of hydrogen-bond donors (Lipinski definition) is 4. The molecule has 8 nitrogen and oxygen atoms in total. The topological polar surface area (TPSA) is 126 Å². The molecule has 4 N–H and O–H groups in total. The average molecular weight is 435 g/mol. The number of hydrogen-bond acceptors (Lipinski definition) is 8. The number of unbranched alkanes of at least 4 members (excludes halogenated alkanes) is 9. The molecule has 0 aliphatic carbocycles. The Labute approximate surface area is 180 Å². The van der Waals surface area contributed by atoms with Gasteiger partial charge in [-0.15, -0.1) is 0 Å². The number of carbonyl (C=O) groups is 1. The van der Waals surface area contributed by atoms with Crippen LogP contribution in [0.3, 0.4) is 0 Å². The van der Waals surface area contributed by atoms with Crippen LogP contribution in [0.4, 0.5) is 0 Å². The highest BCUT2D eigenvalue weighted by atomic mass is 16.7. The second-order valence-corrected chi connectivity index (χ2v) is 8.26. The summed E-state index contributed by atoms with van der Waals surface area (Å²) in [5.41, 5.74) is 0. The fraction of sp³-hybridized carbons (Fsp3) is 0.955. The predicted molar refractivity (Wildman–Crippen MR) is 112 cm³/mol. The first-order valence-corrected chi connectivity index (χ1v) is 11.5. The molecule has 1 heterocycles. The molecule has 0 spiro atoms. The summed E-state index contributed by atoms with van der Waals surface area (Å²) in [7, 11) is 0. The fourth-order valence-corrected chi connectivity index (χ4v) is 3.51. The van der Waals surface area contributed by atoms with Crippen molar-refractivity contribution in [2.75, 3.05) is 13.2 Å². The Morgan fingerprint density at radius 3 is 2.03 bits per heavy atom. The molecule has 1 aliphatic heterocycles. The van der Waals surface area contributed by atoms with Crippen LogP contribution in [0.2, 0.25) is 0 Å². The summed E-state index contributed by atoms with van der Waals surface area (Å²) in [4.78, 5) is 11.9. The molecule has 0 aromatic carbocycles. The number of aliphatic hydroxyl groups is 4. The maximum atomic E-state index is 11.9. The molecule has 0 bridgehead atoms. The van der Waals surface area contributed by atoms with Crippen molar-refractivity contribution >= 4 is 5.97 Å². The van der Waals surface area contributed by atoms with Gasteiger partial charge in [-0.3, -0.25) is 4.79 Å². The Morgan fingerprint density at radius 2 is 1.47 bits per heavy atom. The van der Waals surface area contributed by atoms with E-state index in [-0.39, 0.29) is 12.6 Å². The SMILES string of the molecule is CCCCCCCCCCCCC(=O)O[C@H](C)CO[C@@H]1O[C@H](CO)[C@H](O)[C@H](O)[C@H]1O. The molecule has 0 amide bonds. The van der Waals surface area contributed by atoms with E-state index in [9.17, 15) is 25.2 Å². The molecule has 0 saturated carbocycles. The highest BCUT2D eigenvalue weighted by Gasteiger charge is 2.44. The van der Waals surface area contributed by atoms with Crippen LogP contribution in [-0.2, 0) is 19.0 Å². The van der Waals surface area contributed by atoms with Crippen molar-refractivity contribution in [1.29, 1.82) is 0 Å². The highest BCUT2D eigenvalue weighted by molar-refractivity contribution is 5.69. The van der Waals surface area contributed by atoms with Gasteiger partial charge in [0.1, 0.15) is 30.5 Å². The van der Waals surface area contributed by atoms with Crippen molar-refractivity contribution in [2.45, 2.75) is 121 Å². The zero-order valence-electron chi connectivity index (χ0n) is 18.6. The molecule has 1 rings (SSSR count). The minimum atomic E-state index is -1.49. The van der Waals surface area contributed by atoms with Gasteiger partial charge in [0, 0.05) is 6.42 Å². The van der Waals surface area contributed by atoms with E-state index in [0.29, 0.717) is 6.42 Å². The molecule has 0 radical (unpaired) electrons. The first kappa shape index (κ1) is 27.3. The smallest absolute Gasteiger partial charge is 0.306 e. The van der Waals surface area contributed by atoms with Crippen LogP contribution in [0.1, 0.15) is 84.5 Å². The summed E-state index contributed by atoms with van der Waals surface area (Å²) in [6, 6.07) is 0. The second kappa shape index (κ2) is 15.9. The Kier molecular flexibility index (Phi) is 14.5. The van der Waals surface area contributed by atoms with Crippen molar-refractivity contribution < 1.29 is 39.4 Å². The van der Waals surface area contributed by atoms with Crippen molar-refractivity contribution in [2.24, 2.45) is 0 Å². The zero-order chi connectivity index (χ0) is 22.4. The van der Waals surface area contributed by atoms with E-state index in [1.807, 2.05) is 0 Å². The molecular formula is C22H42O8. The Bertz CT molecular complexity index is 445. The van der Waals surface area contributed by atoms with Gasteiger partial charge >= 0.3 is 5.97 Å². The molecular weight excluding hydrogens is 392 g/mol. The Hall–Kier alpha value is -0.770. The zero-order valence-corrected chi connectivity index (χ0v) is 18.6. The van der Waals surface area contributed by atoms with Gasteiger partial charge in [-0.2, -0.15) is 0 Å². The van der Waals surface area contributed by atoms with Gasteiger partial charge in [0.25, 0.3) is 0 Å². The number of carbonyl (C=O) groups excluding carboxylic acids is 1. The van der Waals surface area contributed by atoms with Gasteiger partial charge in [0.2, 0.25) is 0 Å². The van der Waals surface area contributed by atoms with Crippen LogP contribution in [-0.4, -0.2) is 76.4 Å². The van der Waals surface area contributed by atoms with Crippen LogP contribution < -0.4 is 0 Å². The Morgan fingerprint density at radius 1 is 0.900 bits per heavy atom. The van der Waals surface area contributed by atoms with Crippen molar-refractivity contribution in [3.8, 4) is 0 Å². The molecule has 1 fully saturated rings. The number of aliphatic hydroxyl groups excluding tert-OH is 4. The van der Waals surface area contributed by atoms with Crippen LogP contribution in [0.25, 0.3) is 0 Å². The first-order chi connectivity index (χ1) is 14.4. The summed E-state index contributed by atoms with van der Waals surface area (Å²) in [5.74, 6) is -0.292. The number of rotatable bonds is 16. The quantitative estimate of drug-likeness (QED) is 0.215. The van der Waals surface area contributed by atoms with Gasteiger partial charge < -0.3 is 34.6 Å². The number of ether oxygens (including phenoxy) is 3. The minimum absolute atomic E-state index is 0.0353. The molecule has 0 aromatic rings. The number of esters is 1. The lowest BCUT2D eigenvalue weighted by atomic mass is 9.99. The molecule has 6 atom stereocenters. The maximum absolute atomic E-state index is 11.9. The minimum Gasteiger partial charge on any atom is -0.460 e. The van der Waals surface area contributed by atoms with Crippen molar-refractivity contribution in [1.82, 2.24) is 0 Å². The van der Waals surface area contributed by atoms with E-state index >= 15 is 0 Å². The molecule has 1 saturated heterocycles. The highest BCUT2D eigenvalue weighted by Crippen LogP contribution is 2.22. The van der Waals surface area contributed by atoms with Crippen LogP contribution in [0.15, 0.2) is 0 Å². The summed E-state index contributed by atoms with van der Waals surface area (Å²) >= 11 is 0. The lowest BCUT2D eigenvalue weighted by Gasteiger charge is -2.39.